The largest absolute Gasteiger partial charge is 0.408 e. The lowest BCUT2D eigenvalue weighted by Gasteiger charge is -2.09. The van der Waals surface area contributed by atoms with Crippen LogP contribution in [0.15, 0.2) is 87.3 Å². The molecule has 44 heavy (non-hydrogen) atoms. The van der Waals surface area contributed by atoms with Gasteiger partial charge in [-0.3, -0.25) is 9.59 Å². The maximum absolute atomic E-state index is 12.3. The third-order valence-corrected chi connectivity index (χ3v) is 8.95. The van der Waals surface area contributed by atoms with Crippen LogP contribution in [0.1, 0.15) is 71.9 Å². The van der Waals surface area contributed by atoms with Crippen molar-refractivity contribution in [2.45, 2.75) is 63.1 Å². The minimum absolute atomic E-state index is 0.0239. The highest BCUT2D eigenvalue weighted by atomic mass is 32.2. The third kappa shape index (κ3) is 9.68. The number of ketones is 1. The average molecular weight is 640 g/mol. The minimum atomic E-state index is -3.50. The molecule has 3 aromatic carbocycles. The summed E-state index contributed by atoms with van der Waals surface area (Å²) in [6.45, 7) is 9.81. The van der Waals surface area contributed by atoms with E-state index in [1.165, 1.54) is 5.56 Å². The number of carbonyl (C=O) groups is 2. The van der Waals surface area contributed by atoms with E-state index in [-0.39, 0.29) is 45.9 Å². The van der Waals surface area contributed by atoms with E-state index in [1.807, 2.05) is 45.0 Å². The molecule has 0 bridgehead atoms. The monoisotopic (exact) mass is 639 g/mol. The molecular formula is C32H37N3O7S2. The first-order valence-electron chi connectivity index (χ1n) is 13.9. The van der Waals surface area contributed by atoms with Crippen molar-refractivity contribution in [3.8, 4) is 11.5 Å². The Morgan fingerprint density at radius 1 is 0.795 bits per heavy atom. The van der Waals surface area contributed by atoms with Crippen molar-refractivity contribution >= 4 is 31.4 Å². The van der Waals surface area contributed by atoms with Crippen LogP contribution in [0.3, 0.4) is 0 Å². The normalized spacial score (nSPS) is 11.6. The summed E-state index contributed by atoms with van der Waals surface area (Å²) < 4.78 is 52.2. The highest BCUT2D eigenvalue weighted by Crippen LogP contribution is 2.23. The van der Waals surface area contributed by atoms with Gasteiger partial charge in [-0.15, -0.1) is 5.10 Å². The molecule has 0 saturated carbocycles. The van der Waals surface area contributed by atoms with Crippen LogP contribution in [0.25, 0.3) is 11.5 Å². The molecule has 12 heteroatoms. The molecule has 4 rings (SSSR count). The molecular weight excluding hydrogens is 603 g/mol. The first-order chi connectivity index (χ1) is 20.6. The maximum Gasteiger partial charge on any atom is 0.335 e. The molecule has 0 spiro atoms. The standard InChI is InChI=1S/C20H23NO4S.C12H14N2O3S/c1-14(2)21-20(23)17-8-6-16(7-9-17)19(22)12-13-26(24,25)18-10-4-15(3)5-11-18;1-8(2)9-4-6-10(7-5-9)11-13-14-12(17-11)18(3,15)16/h4-11,14H,12-13H2,1-3H3,(H,21,23);4-8H,1-3H3. The highest BCUT2D eigenvalue weighted by molar-refractivity contribution is 7.91. The lowest BCUT2D eigenvalue weighted by molar-refractivity contribution is 0.0940. The van der Waals surface area contributed by atoms with Crippen LogP contribution in [0.2, 0.25) is 0 Å². The molecule has 0 saturated heterocycles. The molecule has 1 heterocycles. The van der Waals surface area contributed by atoms with Gasteiger partial charge in [0.15, 0.2) is 15.6 Å². The van der Waals surface area contributed by atoms with Gasteiger partial charge in [0.05, 0.1) is 10.6 Å². The smallest absolute Gasteiger partial charge is 0.335 e. The number of aromatic nitrogens is 2. The highest BCUT2D eigenvalue weighted by Gasteiger charge is 2.19. The van der Waals surface area contributed by atoms with E-state index < -0.39 is 19.7 Å². The Morgan fingerprint density at radius 3 is 1.86 bits per heavy atom. The van der Waals surface area contributed by atoms with Gasteiger partial charge in [-0.2, -0.15) is 0 Å². The summed E-state index contributed by atoms with van der Waals surface area (Å²) in [4.78, 5) is 24.4. The molecule has 1 aromatic heterocycles. The molecule has 10 nitrogen and oxygen atoms in total. The predicted molar refractivity (Wildman–Crippen MR) is 168 cm³/mol. The number of benzene rings is 3. The second kappa shape index (κ2) is 14.5. The van der Waals surface area contributed by atoms with Crippen molar-refractivity contribution < 1.29 is 30.8 Å². The van der Waals surface area contributed by atoms with Crippen LogP contribution in [0.5, 0.6) is 0 Å². The van der Waals surface area contributed by atoms with Crippen LogP contribution >= 0.6 is 0 Å². The summed E-state index contributed by atoms with van der Waals surface area (Å²) in [5.74, 6) is -0.0682. The molecule has 0 fully saturated rings. The first kappa shape index (κ1) is 34.3. The number of Topliss-reactive ketones (excluding diaryl/α,β-unsaturated/α-hetero) is 1. The number of hydrogen-bond acceptors (Lipinski definition) is 9. The van der Waals surface area contributed by atoms with Crippen LogP contribution in [0.4, 0.5) is 0 Å². The zero-order chi connectivity index (χ0) is 32.7. The molecule has 234 valence electrons. The fourth-order valence-electron chi connectivity index (χ4n) is 3.87. The Kier molecular flexibility index (Phi) is 11.3. The number of carbonyl (C=O) groups excluding carboxylic acids is 2. The fourth-order valence-corrected chi connectivity index (χ4v) is 5.53. The summed E-state index contributed by atoms with van der Waals surface area (Å²) in [5, 5.41) is 9.66. The molecule has 0 unspecified atom stereocenters. The number of nitrogens with zero attached hydrogens (tertiary/aromatic N) is 2. The van der Waals surface area contributed by atoms with Gasteiger partial charge in [0, 0.05) is 35.4 Å². The molecule has 0 atom stereocenters. The van der Waals surface area contributed by atoms with Gasteiger partial charge in [-0.1, -0.05) is 60.9 Å². The lowest BCUT2D eigenvalue weighted by atomic mass is 10.0. The average Bonchev–Trinajstić information content (AvgIpc) is 3.48. The van der Waals surface area contributed by atoms with Gasteiger partial charge in [-0.05, 0) is 68.7 Å². The van der Waals surface area contributed by atoms with Crippen LogP contribution in [0, 0.1) is 6.92 Å². The zero-order valence-corrected chi connectivity index (χ0v) is 27.2. The van der Waals surface area contributed by atoms with E-state index in [2.05, 4.69) is 29.4 Å². The summed E-state index contributed by atoms with van der Waals surface area (Å²) in [7, 11) is -6.95. The molecule has 0 aliphatic rings. The van der Waals surface area contributed by atoms with Crippen LogP contribution < -0.4 is 5.32 Å². The molecule has 4 aromatic rings. The minimum Gasteiger partial charge on any atom is -0.408 e. The van der Waals surface area contributed by atoms with Gasteiger partial charge in [-0.25, -0.2) is 16.8 Å². The Labute approximate surface area is 258 Å². The second-order valence-corrected chi connectivity index (χ2v) is 14.9. The van der Waals surface area contributed by atoms with Crippen LogP contribution in [-0.4, -0.2) is 56.8 Å². The Bertz CT molecular complexity index is 1790. The number of sulfone groups is 2. The van der Waals surface area contributed by atoms with Gasteiger partial charge in [0.25, 0.3) is 5.91 Å². The van der Waals surface area contributed by atoms with E-state index in [1.54, 1.807) is 48.5 Å². The number of rotatable bonds is 10. The van der Waals surface area contributed by atoms with E-state index in [0.717, 1.165) is 11.8 Å². The van der Waals surface area contributed by atoms with Crippen molar-refractivity contribution in [1.82, 2.24) is 15.5 Å². The summed E-state index contributed by atoms with van der Waals surface area (Å²) in [6.07, 6.45) is 0.930. The van der Waals surface area contributed by atoms with Crippen molar-refractivity contribution in [2.75, 3.05) is 12.0 Å². The zero-order valence-electron chi connectivity index (χ0n) is 25.6. The summed E-state index contributed by atoms with van der Waals surface area (Å²) in [5.41, 5.74) is 3.73. The Balaban J connectivity index is 0.000000257. The molecule has 1 amide bonds. The van der Waals surface area contributed by atoms with E-state index in [9.17, 15) is 26.4 Å². The molecule has 1 N–H and O–H groups in total. The van der Waals surface area contributed by atoms with Gasteiger partial charge in [0.2, 0.25) is 15.7 Å². The Hall–Kier alpha value is -4.16. The van der Waals surface area contributed by atoms with Crippen molar-refractivity contribution in [1.29, 1.82) is 0 Å². The van der Waals surface area contributed by atoms with Crippen molar-refractivity contribution in [3.05, 3.63) is 95.1 Å². The fraction of sp³-hybridized carbons (Fsp3) is 0.312. The van der Waals surface area contributed by atoms with Gasteiger partial charge >= 0.3 is 5.22 Å². The SMILES string of the molecule is CC(C)c1ccc(-c2nnc(S(C)(=O)=O)o2)cc1.Cc1ccc(S(=O)(=O)CCC(=O)c2ccc(C(=O)NC(C)C)cc2)cc1. The molecule has 0 aliphatic carbocycles. The van der Waals surface area contributed by atoms with Crippen molar-refractivity contribution in [3.63, 3.8) is 0 Å². The van der Waals surface area contributed by atoms with Gasteiger partial charge in [0.1, 0.15) is 0 Å². The van der Waals surface area contributed by atoms with Crippen LogP contribution in [-0.2, 0) is 19.7 Å². The first-order valence-corrected chi connectivity index (χ1v) is 17.5. The third-order valence-electron chi connectivity index (χ3n) is 6.41. The predicted octanol–water partition coefficient (Wildman–Crippen LogP) is 5.44. The van der Waals surface area contributed by atoms with E-state index in [0.29, 0.717) is 22.6 Å². The number of amides is 1. The van der Waals surface area contributed by atoms with Gasteiger partial charge < -0.3 is 9.73 Å². The van der Waals surface area contributed by atoms with Crippen molar-refractivity contribution in [2.24, 2.45) is 0 Å². The Morgan fingerprint density at radius 2 is 1.36 bits per heavy atom. The van der Waals surface area contributed by atoms with E-state index in [4.69, 9.17) is 4.42 Å². The molecule has 0 aliphatic heterocycles. The number of aryl methyl sites for hydroxylation is 1. The number of hydrogen-bond donors (Lipinski definition) is 1. The summed E-state index contributed by atoms with van der Waals surface area (Å²) >= 11 is 0. The topological polar surface area (TPSA) is 153 Å². The molecule has 0 radical (unpaired) electrons. The lowest BCUT2D eigenvalue weighted by Crippen LogP contribution is -2.30. The summed E-state index contributed by atoms with van der Waals surface area (Å²) in [6, 6.07) is 20.4. The maximum atomic E-state index is 12.3. The van der Waals surface area contributed by atoms with E-state index >= 15 is 0 Å². The number of nitrogens with one attached hydrogen (secondary N) is 1. The quantitative estimate of drug-likeness (QED) is 0.223. The second-order valence-electron chi connectivity index (χ2n) is 10.9.